The van der Waals surface area contributed by atoms with E-state index in [2.05, 4.69) is 21.9 Å². The van der Waals surface area contributed by atoms with Crippen molar-refractivity contribution in [3.8, 4) is 11.8 Å². The molecule has 0 amide bonds. The molecule has 0 unspecified atom stereocenters. The monoisotopic (exact) mass is 243 g/mol. The second kappa shape index (κ2) is 8.10. The van der Waals surface area contributed by atoms with Gasteiger partial charge in [0, 0.05) is 24.6 Å². The zero-order valence-electron chi connectivity index (χ0n) is 10.7. The maximum Gasteiger partial charge on any atom is 0.330 e. The van der Waals surface area contributed by atoms with Crippen LogP contribution in [0.5, 0.6) is 0 Å². The number of carbonyl (C=O) groups is 1. The van der Waals surface area contributed by atoms with E-state index < -0.39 is 0 Å². The van der Waals surface area contributed by atoms with Crippen molar-refractivity contribution >= 4 is 12.0 Å². The fourth-order valence-corrected chi connectivity index (χ4v) is 1.26. The molecule has 0 radical (unpaired) electrons. The standard InChI is InChI=1S/C15H17NO2/c1-16-12-4-3-5-13-6-8-14(9-7-13)10-11-15(17)18-2/h6-11,16H,4,12H2,1-2H3/b11-10+. The maximum atomic E-state index is 10.9. The highest BCUT2D eigenvalue weighted by Crippen LogP contribution is 2.05. The van der Waals surface area contributed by atoms with E-state index in [1.165, 1.54) is 13.2 Å². The van der Waals surface area contributed by atoms with Gasteiger partial charge in [-0.25, -0.2) is 4.79 Å². The van der Waals surface area contributed by atoms with Crippen LogP contribution in [0.3, 0.4) is 0 Å². The first-order chi connectivity index (χ1) is 8.76. The smallest absolute Gasteiger partial charge is 0.330 e. The van der Waals surface area contributed by atoms with Gasteiger partial charge in [-0.05, 0) is 30.8 Å². The number of hydrogen-bond donors (Lipinski definition) is 1. The maximum absolute atomic E-state index is 10.9. The Morgan fingerprint density at radius 3 is 2.72 bits per heavy atom. The van der Waals surface area contributed by atoms with E-state index in [4.69, 9.17) is 0 Å². The van der Waals surface area contributed by atoms with Crippen LogP contribution in [0.25, 0.3) is 6.08 Å². The Morgan fingerprint density at radius 2 is 2.11 bits per heavy atom. The minimum absolute atomic E-state index is 0.356. The van der Waals surface area contributed by atoms with Crippen LogP contribution in [0.1, 0.15) is 17.5 Å². The lowest BCUT2D eigenvalue weighted by Gasteiger charge is -1.94. The third-order valence-corrected chi connectivity index (χ3v) is 2.26. The average molecular weight is 243 g/mol. The van der Waals surface area contributed by atoms with E-state index in [9.17, 15) is 4.79 Å². The Balaban J connectivity index is 2.59. The van der Waals surface area contributed by atoms with Crippen molar-refractivity contribution in [2.75, 3.05) is 20.7 Å². The molecule has 0 aliphatic carbocycles. The molecule has 1 rings (SSSR count). The molecule has 0 saturated heterocycles. The molecule has 0 aliphatic rings. The fourth-order valence-electron chi connectivity index (χ4n) is 1.26. The Kier molecular flexibility index (Phi) is 6.31. The first-order valence-electron chi connectivity index (χ1n) is 5.76. The highest BCUT2D eigenvalue weighted by atomic mass is 16.5. The SMILES string of the molecule is CNCCC#Cc1ccc(/C=C/C(=O)OC)cc1. The molecule has 0 fully saturated rings. The molecule has 0 aliphatic heterocycles. The molecule has 1 aromatic carbocycles. The van der Waals surface area contributed by atoms with E-state index in [1.807, 2.05) is 31.3 Å². The zero-order valence-corrected chi connectivity index (χ0v) is 10.7. The second-order valence-corrected chi connectivity index (χ2v) is 3.63. The summed E-state index contributed by atoms with van der Waals surface area (Å²) < 4.78 is 4.52. The van der Waals surface area contributed by atoms with Gasteiger partial charge in [0.2, 0.25) is 0 Å². The summed E-state index contributed by atoms with van der Waals surface area (Å²) in [6, 6.07) is 7.70. The molecule has 0 atom stereocenters. The van der Waals surface area contributed by atoms with Gasteiger partial charge in [0.25, 0.3) is 0 Å². The Bertz CT molecular complexity index is 464. The molecular formula is C15H17NO2. The van der Waals surface area contributed by atoms with Gasteiger partial charge >= 0.3 is 5.97 Å². The quantitative estimate of drug-likeness (QED) is 0.379. The molecule has 0 saturated carbocycles. The number of rotatable bonds is 4. The highest BCUT2D eigenvalue weighted by Gasteiger charge is 1.92. The normalized spacial score (nSPS) is 9.89. The van der Waals surface area contributed by atoms with Crippen LogP contribution in [0, 0.1) is 11.8 Å². The molecule has 0 bridgehead atoms. The van der Waals surface area contributed by atoms with Gasteiger partial charge in [0.15, 0.2) is 0 Å². The average Bonchev–Trinajstić information content (AvgIpc) is 2.42. The van der Waals surface area contributed by atoms with Crippen molar-refractivity contribution in [3.05, 3.63) is 41.5 Å². The lowest BCUT2D eigenvalue weighted by atomic mass is 10.1. The molecule has 0 heterocycles. The number of methoxy groups -OCH3 is 1. The molecule has 3 nitrogen and oxygen atoms in total. The second-order valence-electron chi connectivity index (χ2n) is 3.63. The summed E-state index contributed by atoms with van der Waals surface area (Å²) in [6.07, 6.45) is 3.94. The van der Waals surface area contributed by atoms with Crippen molar-refractivity contribution in [1.82, 2.24) is 5.32 Å². The third-order valence-electron chi connectivity index (χ3n) is 2.26. The van der Waals surface area contributed by atoms with Gasteiger partial charge in [0.1, 0.15) is 0 Å². The Labute approximate surface area is 108 Å². The molecule has 1 N–H and O–H groups in total. The van der Waals surface area contributed by atoms with Crippen LogP contribution < -0.4 is 5.32 Å². The first kappa shape index (κ1) is 14.0. The number of esters is 1. The number of hydrogen-bond acceptors (Lipinski definition) is 3. The Morgan fingerprint density at radius 1 is 1.39 bits per heavy atom. The molecule has 3 heteroatoms. The summed E-state index contributed by atoms with van der Waals surface area (Å²) in [7, 11) is 3.26. The van der Waals surface area contributed by atoms with Gasteiger partial charge < -0.3 is 10.1 Å². The molecule has 0 aromatic heterocycles. The highest BCUT2D eigenvalue weighted by molar-refractivity contribution is 5.86. The van der Waals surface area contributed by atoms with Crippen molar-refractivity contribution in [3.63, 3.8) is 0 Å². The molecule has 18 heavy (non-hydrogen) atoms. The minimum Gasteiger partial charge on any atom is -0.466 e. The van der Waals surface area contributed by atoms with Crippen molar-refractivity contribution in [1.29, 1.82) is 0 Å². The summed E-state index contributed by atoms with van der Waals surface area (Å²) in [4.78, 5) is 10.9. The van der Waals surface area contributed by atoms with E-state index in [0.29, 0.717) is 0 Å². The minimum atomic E-state index is -0.356. The summed E-state index contributed by atoms with van der Waals surface area (Å²) >= 11 is 0. The Hall–Kier alpha value is -2.05. The molecule has 0 spiro atoms. The van der Waals surface area contributed by atoms with Crippen LogP contribution in [0.4, 0.5) is 0 Å². The topological polar surface area (TPSA) is 38.3 Å². The zero-order chi connectivity index (χ0) is 13.2. The molecule has 1 aromatic rings. The van der Waals surface area contributed by atoms with E-state index in [1.54, 1.807) is 6.08 Å². The van der Waals surface area contributed by atoms with Crippen LogP contribution in [-0.2, 0) is 9.53 Å². The number of benzene rings is 1. The van der Waals surface area contributed by atoms with Crippen LogP contribution >= 0.6 is 0 Å². The summed E-state index contributed by atoms with van der Waals surface area (Å²) in [6.45, 7) is 0.896. The van der Waals surface area contributed by atoms with Gasteiger partial charge in [0.05, 0.1) is 7.11 Å². The summed E-state index contributed by atoms with van der Waals surface area (Å²) in [5.74, 6) is 5.80. The van der Waals surface area contributed by atoms with Gasteiger partial charge in [-0.15, -0.1) is 0 Å². The summed E-state index contributed by atoms with van der Waals surface area (Å²) in [5.41, 5.74) is 1.92. The van der Waals surface area contributed by atoms with Gasteiger partial charge in [-0.1, -0.05) is 24.0 Å². The van der Waals surface area contributed by atoms with Gasteiger partial charge in [-0.2, -0.15) is 0 Å². The third kappa shape index (κ3) is 5.33. The number of nitrogens with one attached hydrogen (secondary N) is 1. The molecular weight excluding hydrogens is 226 g/mol. The van der Waals surface area contributed by atoms with Crippen molar-refractivity contribution in [2.45, 2.75) is 6.42 Å². The van der Waals surface area contributed by atoms with Crippen LogP contribution in [0.15, 0.2) is 30.3 Å². The predicted molar refractivity (Wildman–Crippen MR) is 72.9 cm³/mol. The van der Waals surface area contributed by atoms with Crippen molar-refractivity contribution < 1.29 is 9.53 Å². The summed E-state index contributed by atoms with van der Waals surface area (Å²) in [5, 5.41) is 3.04. The number of ether oxygens (including phenoxy) is 1. The van der Waals surface area contributed by atoms with E-state index >= 15 is 0 Å². The lowest BCUT2D eigenvalue weighted by Crippen LogP contribution is -2.05. The lowest BCUT2D eigenvalue weighted by molar-refractivity contribution is -0.134. The van der Waals surface area contributed by atoms with Crippen LogP contribution in [-0.4, -0.2) is 26.7 Å². The largest absolute Gasteiger partial charge is 0.466 e. The first-order valence-corrected chi connectivity index (χ1v) is 5.76. The van der Waals surface area contributed by atoms with E-state index in [0.717, 1.165) is 24.1 Å². The fraction of sp³-hybridized carbons (Fsp3) is 0.267. The molecule has 94 valence electrons. The van der Waals surface area contributed by atoms with E-state index in [-0.39, 0.29) is 5.97 Å². The number of carbonyl (C=O) groups excluding carboxylic acids is 1. The van der Waals surface area contributed by atoms with Crippen molar-refractivity contribution in [2.24, 2.45) is 0 Å². The van der Waals surface area contributed by atoms with Crippen LogP contribution in [0.2, 0.25) is 0 Å². The van der Waals surface area contributed by atoms with Gasteiger partial charge in [-0.3, -0.25) is 0 Å². The predicted octanol–water partition coefficient (Wildman–Crippen LogP) is 1.83.